The summed E-state index contributed by atoms with van der Waals surface area (Å²) in [6, 6.07) is 0.305. The molecule has 16 heavy (non-hydrogen) atoms. The van der Waals surface area contributed by atoms with Crippen molar-refractivity contribution in [1.29, 1.82) is 0 Å². The van der Waals surface area contributed by atoms with Crippen LogP contribution in [0.5, 0.6) is 0 Å². The molecule has 5 nitrogen and oxygen atoms in total. The molecule has 2 fully saturated rings. The molecular weight excluding hydrogens is 228 g/mol. The van der Waals surface area contributed by atoms with Gasteiger partial charge < -0.3 is 10.1 Å². The molecule has 0 amide bonds. The Labute approximate surface area is 97.0 Å². The fraction of sp³-hybridized carbons (Fsp3) is 1.00. The van der Waals surface area contributed by atoms with Crippen LogP contribution in [0.2, 0.25) is 0 Å². The molecule has 2 heterocycles. The summed E-state index contributed by atoms with van der Waals surface area (Å²) >= 11 is 0. The van der Waals surface area contributed by atoms with Gasteiger partial charge in [-0.1, -0.05) is 0 Å². The monoisotopic (exact) mass is 248 g/mol. The van der Waals surface area contributed by atoms with Gasteiger partial charge in [0.05, 0.1) is 11.9 Å². The lowest BCUT2D eigenvalue weighted by atomic mass is 10.2. The maximum Gasteiger partial charge on any atom is 0.214 e. The van der Waals surface area contributed by atoms with Crippen molar-refractivity contribution in [2.45, 2.75) is 37.8 Å². The van der Waals surface area contributed by atoms with Gasteiger partial charge in [-0.3, -0.25) is 0 Å². The molecule has 0 aromatic carbocycles. The number of nitrogens with one attached hydrogen (secondary N) is 2. The van der Waals surface area contributed by atoms with Gasteiger partial charge in [0.2, 0.25) is 10.0 Å². The Morgan fingerprint density at radius 2 is 2.19 bits per heavy atom. The van der Waals surface area contributed by atoms with E-state index in [2.05, 4.69) is 10.0 Å². The van der Waals surface area contributed by atoms with Crippen molar-refractivity contribution in [3.05, 3.63) is 0 Å². The highest BCUT2D eigenvalue weighted by molar-refractivity contribution is 7.89. The molecule has 2 saturated heterocycles. The SMILES string of the molecule is O=S(=O)(CC1CCCO1)NCC1CCCN1. The van der Waals surface area contributed by atoms with Crippen LogP contribution in [0, 0.1) is 0 Å². The second kappa shape index (κ2) is 5.44. The average molecular weight is 248 g/mol. The molecule has 2 aliphatic rings. The van der Waals surface area contributed by atoms with Crippen molar-refractivity contribution >= 4 is 10.0 Å². The first kappa shape index (κ1) is 12.3. The van der Waals surface area contributed by atoms with E-state index in [1.165, 1.54) is 0 Å². The molecule has 0 spiro atoms. The predicted octanol–water partition coefficient (Wildman–Crippen LogP) is -0.163. The normalized spacial score (nSPS) is 31.0. The first-order valence-corrected chi connectivity index (χ1v) is 7.63. The van der Waals surface area contributed by atoms with Crippen LogP contribution < -0.4 is 10.0 Å². The molecule has 6 heteroatoms. The lowest BCUT2D eigenvalue weighted by Crippen LogP contribution is -2.40. The number of hydrogen-bond acceptors (Lipinski definition) is 4. The summed E-state index contributed by atoms with van der Waals surface area (Å²) in [5.74, 6) is 0.111. The van der Waals surface area contributed by atoms with E-state index in [9.17, 15) is 8.42 Å². The molecule has 0 saturated carbocycles. The Balaban J connectivity index is 1.73. The third-order valence-corrected chi connectivity index (χ3v) is 4.56. The second-order valence-corrected chi connectivity index (χ2v) is 6.41. The van der Waals surface area contributed by atoms with E-state index in [1.54, 1.807) is 0 Å². The van der Waals surface area contributed by atoms with E-state index in [-0.39, 0.29) is 11.9 Å². The molecule has 0 bridgehead atoms. The molecule has 0 aromatic heterocycles. The molecule has 0 aliphatic carbocycles. The van der Waals surface area contributed by atoms with Gasteiger partial charge in [0, 0.05) is 19.2 Å². The summed E-state index contributed by atoms with van der Waals surface area (Å²) < 4.78 is 31.4. The predicted molar refractivity (Wildman–Crippen MR) is 61.8 cm³/mol. The lowest BCUT2D eigenvalue weighted by molar-refractivity contribution is 0.127. The van der Waals surface area contributed by atoms with Gasteiger partial charge in [-0.2, -0.15) is 0 Å². The van der Waals surface area contributed by atoms with E-state index in [0.29, 0.717) is 19.2 Å². The smallest absolute Gasteiger partial charge is 0.214 e. The fourth-order valence-corrected chi connectivity index (χ4v) is 3.56. The molecule has 2 rings (SSSR count). The first-order chi connectivity index (χ1) is 7.66. The van der Waals surface area contributed by atoms with Gasteiger partial charge in [0.25, 0.3) is 0 Å². The summed E-state index contributed by atoms with van der Waals surface area (Å²) in [6.07, 6.45) is 3.93. The minimum atomic E-state index is -3.17. The number of rotatable bonds is 5. The average Bonchev–Trinajstić information content (AvgIpc) is 2.85. The maximum absolute atomic E-state index is 11.7. The molecule has 0 radical (unpaired) electrons. The van der Waals surface area contributed by atoms with Gasteiger partial charge in [-0.15, -0.1) is 0 Å². The highest BCUT2D eigenvalue weighted by Gasteiger charge is 2.24. The molecule has 0 aromatic rings. The molecule has 2 aliphatic heterocycles. The van der Waals surface area contributed by atoms with Gasteiger partial charge in [0.15, 0.2) is 0 Å². The molecule has 94 valence electrons. The van der Waals surface area contributed by atoms with Gasteiger partial charge in [-0.25, -0.2) is 13.1 Å². The summed E-state index contributed by atoms with van der Waals surface area (Å²) in [5.41, 5.74) is 0. The zero-order chi connectivity index (χ0) is 11.4. The van der Waals surface area contributed by atoms with Crippen LogP contribution in [-0.2, 0) is 14.8 Å². The van der Waals surface area contributed by atoms with E-state index in [4.69, 9.17) is 4.74 Å². The third kappa shape index (κ3) is 3.69. The van der Waals surface area contributed by atoms with Crippen LogP contribution in [0.3, 0.4) is 0 Å². The number of ether oxygens (including phenoxy) is 1. The van der Waals surface area contributed by atoms with Crippen molar-refractivity contribution in [2.24, 2.45) is 0 Å². The highest BCUT2D eigenvalue weighted by Crippen LogP contribution is 2.13. The topological polar surface area (TPSA) is 67.4 Å². The van der Waals surface area contributed by atoms with Crippen molar-refractivity contribution in [3.63, 3.8) is 0 Å². The van der Waals surface area contributed by atoms with Gasteiger partial charge in [0.1, 0.15) is 0 Å². The van der Waals surface area contributed by atoms with Crippen molar-refractivity contribution in [2.75, 3.05) is 25.4 Å². The van der Waals surface area contributed by atoms with Crippen LogP contribution in [-0.4, -0.2) is 46.0 Å². The van der Waals surface area contributed by atoms with Crippen LogP contribution in [0.1, 0.15) is 25.7 Å². The number of hydrogen-bond donors (Lipinski definition) is 2. The second-order valence-electron chi connectivity index (χ2n) is 4.56. The Hall–Kier alpha value is -0.170. The standard InChI is InChI=1S/C10H20N2O3S/c13-16(14,8-10-4-2-6-15-10)12-7-9-3-1-5-11-9/h9-12H,1-8H2. The highest BCUT2D eigenvalue weighted by atomic mass is 32.2. The Kier molecular flexibility index (Phi) is 4.18. The van der Waals surface area contributed by atoms with Crippen molar-refractivity contribution in [3.8, 4) is 0 Å². The minimum absolute atomic E-state index is 0.103. The summed E-state index contributed by atoms with van der Waals surface area (Å²) in [5, 5.41) is 3.26. The van der Waals surface area contributed by atoms with Gasteiger partial charge >= 0.3 is 0 Å². The zero-order valence-electron chi connectivity index (χ0n) is 9.44. The van der Waals surface area contributed by atoms with Crippen molar-refractivity contribution < 1.29 is 13.2 Å². The van der Waals surface area contributed by atoms with Gasteiger partial charge in [-0.05, 0) is 32.2 Å². The summed E-state index contributed by atoms with van der Waals surface area (Å²) in [4.78, 5) is 0. The quantitative estimate of drug-likeness (QED) is 0.709. The number of sulfonamides is 1. The van der Waals surface area contributed by atoms with E-state index >= 15 is 0 Å². The maximum atomic E-state index is 11.7. The third-order valence-electron chi connectivity index (χ3n) is 3.14. The van der Waals surface area contributed by atoms with E-state index < -0.39 is 10.0 Å². The minimum Gasteiger partial charge on any atom is -0.377 e. The van der Waals surface area contributed by atoms with E-state index in [1.807, 2.05) is 0 Å². The van der Waals surface area contributed by atoms with Crippen molar-refractivity contribution in [1.82, 2.24) is 10.0 Å². The Bertz CT molecular complexity index is 306. The molecule has 2 atom stereocenters. The largest absolute Gasteiger partial charge is 0.377 e. The zero-order valence-corrected chi connectivity index (χ0v) is 10.3. The first-order valence-electron chi connectivity index (χ1n) is 5.98. The van der Waals surface area contributed by atoms with Crippen LogP contribution >= 0.6 is 0 Å². The lowest BCUT2D eigenvalue weighted by Gasteiger charge is -2.14. The molecule has 2 unspecified atom stereocenters. The van der Waals surface area contributed by atoms with E-state index in [0.717, 1.165) is 32.2 Å². The fourth-order valence-electron chi connectivity index (χ4n) is 2.24. The summed E-state index contributed by atoms with van der Waals surface area (Å²) in [6.45, 7) is 2.21. The van der Waals surface area contributed by atoms with Crippen LogP contribution in [0.25, 0.3) is 0 Å². The molecule has 2 N–H and O–H groups in total. The Morgan fingerprint density at radius 1 is 1.31 bits per heavy atom. The Morgan fingerprint density at radius 3 is 2.81 bits per heavy atom. The van der Waals surface area contributed by atoms with Crippen LogP contribution in [0.4, 0.5) is 0 Å². The van der Waals surface area contributed by atoms with Crippen LogP contribution in [0.15, 0.2) is 0 Å². The molecular formula is C10H20N2O3S. The summed E-state index contributed by atoms with van der Waals surface area (Å²) in [7, 11) is -3.17.